The Morgan fingerprint density at radius 2 is 1.66 bits per heavy atom. The topological polar surface area (TPSA) is 78.8 Å². The number of halogens is 1. The van der Waals surface area contributed by atoms with Crippen molar-refractivity contribution in [2.75, 3.05) is 10.8 Å². The third-order valence-electron chi connectivity index (χ3n) is 4.88. The second-order valence-electron chi connectivity index (χ2n) is 7.35. The molecule has 0 aliphatic carbocycles. The molecule has 3 rings (SSSR count). The highest BCUT2D eigenvalue weighted by atomic mass is 35.5. The van der Waals surface area contributed by atoms with Gasteiger partial charge in [-0.2, -0.15) is 5.10 Å². The molecule has 0 saturated carbocycles. The summed E-state index contributed by atoms with van der Waals surface area (Å²) in [6, 6.07) is 20.6. The van der Waals surface area contributed by atoms with Crippen molar-refractivity contribution >= 4 is 38.9 Å². The van der Waals surface area contributed by atoms with Gasteiger partial charge in [-0.1, -0.05) is 65.7 Å². The van der Waals surface area contributed by atoms with E-state index in [2.05, 4.69) is 10.5 Å². The van der Waals surface area contributed by atoms with E-state index in [1.165, 1.54) is 18.2 Å². The van der Waals surface area contributed by atoms with E-state index in [0.29, 0.717) is 22.0 Å². The van der Waals surface area contributed by atoms with Crippen molar-refractivity contribution in [3.63, 3.8) is 0 Å². The van der Waals surface area contributed by atoms with Gasteiger partial charge in [0, 0.05) is 5.02 Å². The minimum atomic E-state index is -4.02. The monoisotopic (exact) mass is 469 g/mol. The first-order valence-electron chi connectivity index (χ1n) is 9.92. The van der Waals surface area contributed by atoms with Crippen LogP contribution in [0, 0.1) is 13.8 Å². The molecule has 1 N–H and O–H groups in total. The first kappa shape index (κ1) is 23.5. The second-order valence-corrected chi connectivity index (χ2v) is 9.65. The Morgan fingerprint density at radius 1 is 1.00 bits per heavy atom. The Labute approximate surface area is 193 Å². The molecule has 0 aliphatic heterocycles. The predicted molar refractivity (Wildman–Crippen MR) is 129 cm³/mol. The number of amides is 1. The van der Waals surface area contributed by atoms with Gasteiger partial charge in [-0.05, 0) is 56.2 Å². The summed E-state index contributed by atoms with van der Waals surface area (Å²) in [5.41, 5.74) is 6.04. The van der Waals surface area contributed by atoms with Crippen LogP contribution < -0.4 is 9.73 Å². The van der Waals surface area contributed by atoms with Crippen molar-refractivity contribution in [1.29, 1.82) is 0 Å². The van der Waals surface area contributed by atoms with Gasteiger partial charge in [-0.3, -0.25) is 9.10 Å². The zero-order chi connectivity index (χ0) is 23.3. The number of hydrazone groups is 1. The van der Waals surface area contributed by atoms with Crippen LogP contribution >= 0.6 is 11.6 Å². The molecule has 3 aromatic carbocycles. The number of carbonyl (C=O) groups excluding carboxylic acids is 1. The van der Waals surface area contributed by atoms with E-state index in [-0.39, 0.29) is 4.90 Å². The Balaban J connectivity index is 1.90. The number of anilines is 1. The van der Waals surface area contributed by atoms with Crippen LogP contribution in [0.4, 0.5) is 5.69 Å². The summed E-state index contributed by atoms with van der Waals surface area (Å²) < 4.78 is 27.8. The molecule has 0 atom stereocenters. The quantitative estimate of drug-likeness (QED) is 0.402. The van der Waals surface area contributed by atoms with Crippen molar-refractivity contribution in [1.82, 2.24) is 5.43 Å². The van der Waals surface area contributed by atoms with Crippen LogP contribution in [0.1, 0.15) is 23.6 Å². The predicted octanol–water partition coefficient (Wildman–Crippen LogP) is 4.69. The summed E-state index contributed by atoms with van der Waals surface area (Å²) >= 11 is 6.13. The van der Waals surface area contributed by atoms with Crippen LogP contribution in [0.15, 0.2) is 82.8 Å². The summed E-state index contributed by atoms with van der Waals surface area (Å²) in [6.45, 7) is 5.06. The number of nitrogens with one attached hydrogen (secondary N) is 1. The zero-order valence-electron chi connectivity index (χ0n) is 18.0. The van der Waals surface area contributed by atoms with Crippen molar-refractivity contribution in [2.45, 2.75) is 25.7 Å². The van der Waals surface area contributed by atoms with Crippen molar-refractivity contribution in [3.05, 3.63) is 94.5 Å². The molecule has 6 nitrogen and oxygen atoms in total. The fraction of sp³-hybridized carbons (Fsp3) is 0.167. The highest BCUT2D eigenvalue weighted by Gasteiger charge is 2.28. The van der Waals surface area contributed by atoms with E-state index >= 15 is 0 Å². The molecular weight excluding hydrogens is 446 g/mol. The van der Waals surface area contributed by atoms with Crippen molar-refractivity contribution in [2.24, 2.45) is 5.10 Å². The lowest BCUT2D eigenvalue weighted by Crippen LogP contribution is -2.40. The Hall–Kier alpha value is -3.16. The number of nitrogens with zero attached hydrogens (tertiary/aromatic N) is 2. The number of hydrogen-bond acceptors (Lipinski definition) is 4. The van der Waals surface area contributed by atoms with Gasteiger partial charge >= 0.3 is 0 Å². The molecule has 0 saturated heterocycles. The minimum Gasteiger partial charge on any atom is -0.271 e. The van der Waals surface area contributed by atoms with Crippen LogP contribution in [-0.4, -0.2) is 26.6 Å². The summed E-state index contributed by atoms with van der Waals surface area (Å²) in [5.74, 6) is -0.574. The molecule has 8 heteroatoms. The van der Waals surface area contributed by atoms with Gasteiger partial charge in [0.15, 0.2) is 0 Å². The first-order valence-corrected chi connectivity index (χ1v) is 11.7. The second kappa shape index (κ2) is 9.97. The van der Waals surface area contributed by atoms with E-state index in [0.717, 1.165) is 15.4 Å². The Bertz CT molecular complexity index is 1240. The molecule has 0 unspecified atom stereocenters. The minimum absolute atomic E-state index is 0.0755. The van der Waals surface area contributed by atoms with Gasteiger partial charge in [0.2, 0.25) is 0 Å². The van der Waals surface area contributed by atoms with Gasteiger partial charge < -0.3 is 0 Å². The third kappa shape index (κ3) is 5.55. The highest BCUT2D eigenvalue weighted by molar-refractivity contribution is 7.92. The molecule has 1 amide bonds. The van der Waals surface area contributed by atoms with E-state index in [4.69, 9.17) is 11.6 Å². The lowest BCUT2D eigenvalue weighted by atomic mass is 10.1. The van der Waals surface area contributed by atoms with Gasteiger partial charge in [-0.25, -0.2) is 13.8 Å². The Morgan fingerprint density at radius 3 is 2.31 bits per heavy atom. The summed E-state index contributed by atoms with van der Waals surface area (Å²) in [4.78, 5) is 12.8. The number of carbonyl (C=O) groups is 1. The lowest BCUT2D eigenvalue weighted by Gasteiger charge is -2.25. The normalized spacial score (nSPS) is 11.8. The fourth-order valence-corrected chi connectivity index (χ4v) is 4.71. The van der Waals surface area contributed by atoms with Crippen LogP contribution in [0.25, 0.3) is 0 Å². The van der Waals surface area contributed by atoms with E-state index in [9.17, 15) is 13.2 Å². The molecule has 166 valence electrons. The van der Waals surface area contributed by atoms with Crippen molar-refractivity contribution in [3.8, 4) is 0 Å². The summed E-state index contributed by atoms with van der Waals surface area (Å²) in [6.07, 6.45) is 0. The smallest absolute Gasteiger partial charge is 0.264 e. The average Bonchev–Trinajstić information content (AvgIpc) is 2.78. The maximum absolute atomic E-state index is 13.4. The molecule has 0 spiro atoms. The van der Waals surface area contributed by atoms with Crippen LogP contribution in [0.3, 0.4) is 0 Å². The van der Waals surface area contributed by atoms with Crippen LogP contribution in [0.5, 0.6) is 0 Å². The number of rotatable bonds is 7. The van der Waals surface area contributed by atoms with Crippen LogP contribution in [-0.2, 0) is 14.8 Å². The SMILES string of the molecule is C/C(=N/NC(=O)CN(c1cc(Cl)ccc1C)S(=O)(=O)c1ccccc1)c1ccc(C)cc1. The number of aryl methyl sites for hydroxylation is 2. The zero-order valence-corrected chi connectivity index (χ0v) is 19.6. The maximum Gasteiger partial charge on any atom is 0.264 e. The van der Waals surface area contributed by atoms with Crippen molar-refractivity contribution < 1.29 is 13.2 Å². The fourth-order valence-electron chi connectivity index (χ4n) is 3.04. The van der Waals surface area contributed by atoms with E-state index in [1.54, 1.807) is 44.2 Å². The molecule has 32 heavy (non-hydrogen) atoms. The molecule has 0 heterocycles. The molecule has 0 aromatic heterocycles. The average molecular weight is 470 g/mol. The number of benzene rings is 3. The van der Waals surface area contributed by atoms with Gasteiger partial charge in [-0.15, -0.1) is 0 Å². The molecule has 3 aromatic rings. The molecule has 0 radical (unpaired) electrons. The third-order valence-corrected chi connectivity index (χ3v) is 6.88. The summed E-state index contributed by atoms with van der Waals surface area (Å²) in [7, 11) is -4.02. The van der Waals surface area contributed by atoms with E-state index in [1.807, 2.05) is 31.2 Å². The standard InChI is InChI=1S/C24H24ClN3O3S/c1-17-9-12-20(13-10-17)19(3)26-27-24(29)16-28(23-15-21(25)14-11-18(23)2)32(30,31)22-7-5-4-6-8-22/h4-15H,16H2,1-3H3,(H,27,29)/b26-19-. The highest BCUT2D eigenvalue weighted by Crippen LogP contribution is 2.29. The van der Waals surface area contributed by atoms with Gasteiger partial charge in [0.1, 0.15) is 6.54 Å². The molecule has 0 fully saturated rings. The first-order chi connectivity index (χ1) is 15.2. The summed E-state index contributed by atoms with van der Waals surface area (Å²) in [5, 5.41) is 4.50. The van der Waals surface area contributed by atoms with Crippen LogP contribution in [0.2, 0.25) is 5.02 Å². The molecule has 0 aliphatic rings. The Kier molecular flexibility index (Phi) is 7.33. The number of hydrogen-bond donors (Lipinski definition) is 1. The lowest BCUT2D eigenvalue weighted by molar-refractivity contribution is -0.119. The molecular formula is C24H24ClN3O3S. The maximum atomic E-state index is 13.4. The molecule has 0 bridgehead atoms. The van der Waals surface area contributed by atoms with Gasteiger partial charge in [0.25, 0.3) is 15.9 Å². The van der Waals surface area contributed by atoms with E-state index < -0.39 is 22.5 Å². The number of sulfonamides is 1. The largest absolute Gasteiger partial charge is 0.271 e. The van der Waals surface area contributed by atoms with Gasteiger partial charge in [0.05, 0.1) is 16.3 Å².